The summed E-state index contributed by atoms with van der Waals surface area (Å²) in [6.45, 7) is 3.21. The van der Waals surface area contributed by atoms with Crippen molar-refractivity contribution in [2.24, 2.45) is 0 Å². The number of aromatic amines is 1. The predicted octanol–water partition coefficient (Wildman–Crippen LogP) is 1.97. The zero-order chi connectivity index (χ0) is 11.0. The highest BCUT2D eigenvalue weighted by Crippen LogP contribution is 2.33. The van der Waals surface area contributed by atoms with E-state index in [4.69, 9.17) is 0 Å². The molecule has 0 radical (unpaired) electrons. The van der Waals surface area contributed by atoms with Crippen LogP contribution in [0, 0.1) is 0 Å². The van der Waals surface area contributed by atoms with Crippen molar-refractivity contribution in [1.29, 1.82) is 0 Å². The van der Waals surface area contributed by atoms with Crippen LogP contribution in [-0.2, 0) is 18.5 Å². The second kappa shape index (κ2) is 3.46. The Labute approximate surface area is 94.9 Å². The molecule has 16 heavy (non-hydrogen) atoms. The van der Waals surface area contributed by atoms with Crippen molar-refractivity contribution < 1.29 is 0 Å². The number of benzene rings is 1. The summed E-state index contributed by atoms with van der Waals surface area (Å²) in [5, 5.41) is 3.59. The number of rotatable bonds is 2. The fourth-order valence-corrected chi connectivity index (χ4v) is 2.52. The Morgan fingerprint density at radius 1 is 1.38 bits per heavy atom. The second-order valence-corrected chi connectivity index (χ2v) is 4.60. The molecular formula is C13H15N3. The maximum Gasteiger partial charge on any atom is 0.0921 e. The average Bonchev–Trinajstić information content (AvgIpc) is 2.89. The van der Waals surface area contributed by atoms with Crippen molar-refractivity contribution >= 4 is 0 Å². The highest BCUT2D eigenvalue weighted by molar-refractivity contribution is 5.38. The molecule has 82 valence electrons. The summed E-state index contributed by atoms with van der Waals surface area (Å²) in [6, 6.07) is 8.62. The molecule has 3 rings (SSSR count). The maximum atomic E-state index is 4.07. The third-order valence-corrected chi connectivity index (χ3v) is 3.38. The Kier molecular flexibility index (Phi) is 2.07. The van der Waals surface area contributed by atoms with E-state index in [2.05, 4.69) is 46.5 Å². The molecular weight excluding hydrogens is 198 g/mol. The first-order valence-electron chi connectivity index (χ1n) is 5.59. The van der Waals surface area contributed by atoms with Crippen molar-refractivity contribution in [1.82, 2.24) is 15.3 Å². The molecule has 0 aliphatic carbocycles. The first-order chi connectivity index (χ1) is 7.78. The first kappa shape index (κ1) is 9.60. The van der Waals surface area contributed by atoms with Gasteiger partial charge >= 0.3 is 0 Å². The molecule has 0 spiro atoms. The maximum absolute atomic E-state index is 4.07. The van der Waals surface area contributed by atoms with Gasteiger partial charge in [-0.25, -0.2) is 4.98 Å². The summed E-state index contributed by atoms with van der Waals surface area (Å²) in [5.41, 5.74) is 4.02. The number of imidazole rings is 1. The van der Waals surface area contributed by atoms with E-state index in [-0.39, 0.29) is 5.54 Å². The zero-order valence-corrected chi connectivity index (χ0v) is 9.33. The Balaban J connectivity index is 1.95. The Morgan fingerprint density at radius 2 is 2.25 bits per heavy atom. The van der Waals surface area contributed by atoms with Crippen LogP contribution < -0.4 is 5.32 Å². The van der Waals surface area contributed by atoms with Crippen LogP contribution in [0.25, 0.3) is 0 Å². The van der Waals surface area contributed by atoms with Gasteiger partial charge in [-0.1, -0.05) is 24.3 Å². The molecule has 0 bridgehead atoms. The van der Waals surface area contributed by atoms with Crippen LogP contribution in [0.2, 0.25) is 0 Å². The molecule has 3 heteroatoms. The lowest BCUT2D eigenvalue weighted by Gasteiger charge is -2.25. The van der Waals surface area contributed by atoms with Crippen LogP contribution >= 0.6 is 0 Å². The van der Waals surface area contributed by atoms with Crippen molar-refractivity contribution in [2.75, 3.05) is 0 Å². The summed E-state index contributed by atoms with van der Waals surface area (Å²) in [5.74, 6) is 0. The number of hydrogen-bond acceptors (Lipinski definition) is 2. The molecule has 0 saturated heterocycles. The quantitative estimate of drug-likeness (QED) is 0.800. The molecule has 2 aromatic rings. The number of nitrogens with one attached hydrogen (secondary N) is 2. The van der Waals surface area contributed by atoms with Crippen LogP contribution in [-0.4, -0.2) is 9.97 Å². The minimum Gasteiger partial charge on any atom is -0.348 e. The summed E-state index contributed by atoms with van der Waals surface area (Å²) in [7, 11) is 0. The highest BCUT2D eigenvalue weighted by Gasteiger charge is 2.33. The fourth-order valence-electron chi connectivity index (χ4n) is 2.52. The lowest BCUT2D eigenvalue weighted by Crippen LogP contribution is -2.35. The van der Waals surface area contributed by atoms with Gasteiger partial charge in [0.1, 0.15) is 0 Å². The van der Waals surface area contributed by atoms with E-state index in [1.165, 1.54) is 16.8 Å². The van der Waals surface area contributed by atoms with Crippen LogP contribution in [0.15, 0.2) is 36.8 Å². The molecule has 0 fully saturated rings. The Morgan fingerprint density at radius 3 is 3.06 bits per heavy atom. The molecule has 1 aliphatic rings. The van der Waals surface area contributed by atoms with Crippen LogP contribution in [0.3, 0.4) is 0 Å². The van der Waals surface area contributed by atoms with Crippen LogP contribution in [0.4, 0.5) is 0 Å². The Bertz CT molecular complexity index is 490. The van der Waals surface area contributed by atoms with Gasteiger partial charge in [0.25, 0.3) is 0 Å². The van der Waals surface area contributed by atoms with Gasteiger partial charge in [0, 0.05) is 30.4 Å². The van der Waals surface area contributed by atoms with Crippen molar-refractivity contribution in [3.63, 3.8) is 0 Å². The van der Waals surface area contributed by atoms with Gasteiger partial charge in [-0.15, -0.1) is 0 Å². The number of nitrogens with zero attached hydrogens (tertiary/aromatic N) is 1. The second-order valence-electron chi connectivity index (χ2n) is 4.60. The molecule has 0 saturated carbocycles. The topological polar surface area (TPSA) is 40.7 Å². The number of fused-ring (bicyclic) bond motifs is 1. The molecule has 3 nitrogen and oxygen atoms in total. The molecule has 2 N–H and O–H groups in total. The van der Waals surface area contributed by atoms with E-state index in [1.54, 1.807) is 6.33 Å². The zero-order valence-electron chi connectivity index (χ0n) is 9.33. The highest BCUT2D eigenvalue weighted by atomic mass is 15.0. The minimum absolute atomic E-state index is 0.0309. The molecule has 2 heterocycles. The van der Waals surface area contributed by atoms with Gasteiger partial charge < -0.3 is 10.3 Å². The largest absolute Gasteiger partial charge is 0.348 e. The van der Waals surface area contributed by atoms with Crippen molar-refractivity contribution in [3.8, 4) is 0 Å². The predicted molar refractivity (Wildman–Crippen MR) is 62.9 cm³/mol. The summed E-state index contributed by atoms with van der Waals surface area (Å²) in [4.78, 5) is 7.24. The number of H-pyrrole nitrogens is 1. The lowest BCUT2D eigenvalue weighted by molar-refractivity contribution is 0.393. The smallest absolute Gasteiger partial charge is 0.0921 e. The molecule has 1 aliphatic heterocycles. The van der Waals surface area contributed by atoms with E-state index >= 15 is 0 Å². The summed E-state index contributed by atoms with van der Waals surface area (Å²) < 4.78 is 0. The van der Waals surface area contributed by atoms with Gasteiger partial charge in [0.2, 0.25) is 0 Å². The SMILES string of the molecule is CC1(Cc2cnc[nH]2)NCc2ccccc21. The van der Waals surface area contributed by atoms with Gasteiger partial charge in [-0.2, -0.15) is 0 Å². The average molecular weight is 213 g/mol. The third-order valence-electron chi connectivity index (χ3n) is 3.38. The van der Waals surface area contributed by atoms with Gasteiger partial charge in [-0.05, 0) is 18.1 Å². The van der Waals surface area contributed by atoms with Gasteiger partial charge in [0.15, 0.2) is 0 Å². The normalized spacial score (nSPS) is 23.3. The standard InChI is InChI=1S/C13H15N3/c1-13(6-11-8-14-9-15-11)12-5-3-2-4-10(12)7-16-13/h2-5,8-9,16H,6-7H2,1H3,(H,14,15). The Hall–Kier alpha value is -1.61. The molecule has 0 amide bonds. The summed E-state index contributed by atoms with van der Waals surface area (Å²) >= 11 is 0. The first-order valence-corrected chi connectivity index (χ1v) is 5.59. The monoisotopic (exact) mass is 213 g/mol. The molecule has 1 atom stereocenters. The van der Waals surface area contributed by atoms with E-state index in [9.17, 15) is 0 Å². The number of aromatic nitrogens is 2. The third kappa shape index (κ3) is 1.44. The molecule has 1 unspecified atom stereocenters. The van der Waals surface area contributed by atoms with Gasteiger partial charge in [-0.3, -0.25) is 0 Å². The lowest BCUT2D eigenvalue weighted by atomic mass is 9.88. The minimum atomic E-state index is 0.0309. The molecule has 1 aromatic heterocycles. The van der Waals surface area contributed by atoms with E-state index in [1.807, 2.05) is 6.20 Å². The van der Waals surface area contributed by atoms with Gasteiger partial charge in [0.05, 0.1) is 6.33 Å². The number of hydrogen-bond donors (Lipinski definition) is 2. The van der Waals surface area contributed by atoms with E-state index < -0.39 is 0 Å². The van der Waals surface area contributed by atoms with Crippen LogP contribution in [0.1, 0.15) is 23.7 Å². The van der Waals surface area contributed by atoms with E-state index in [0.717, 1.165) is 13.0 Å². The van der Waals surface area contributed by atoms with E-state index in [0.29, 0.717) is 0 Å². The van der Waals surface area contributed by atoms with Crippen molar-refractivity contribution in [2.45, 2.75) is 25.4 Å². The molecule has 1 aromatic carbocycles. The van der Waals surface area contributed by atoms with Crippen molar-refractivity contribution in [3.05, 3.63) is 53.6 Å². The summed E-state index contributed by atoms with van der Waals surface area (Å²) in [6.07, 6.45) is 4.58. The van der Waals surface area contributed by atoms with Crippen LogP contribution in [0.5, 0.6) is 0 Å². The fraction of sp³-hybridized carbons (Fsp3) is 0.308.